The van der Waals surface area contributed by atoms with Crippen molar-refractivity contribution in [3.8, 4) is 22.6 Å². The van der Waals surface area contributed by atoms with Gasteiger partial charge in [-0.05, 0) is 67.1 Å². The fraction of sp³-hybridized carbons (Fsp3) is 0.485. The fourth-order valence-corrected chi connectivity index (χ4v) is 5.99. The van der Waals surface area contributed by atoms with Crippen LogP contribution >= 0.6 is 0 Å². The maximum atomic E-state index is 14.2. The van der Waals surface area contributed by atoms with Crippen LogP contribution in [0.1, 0.15) is 49.7 Å². The Kier molecular flexibility index (Phi) is 10.8. The number of carbonyl (C=O) groups excluding carboxylic acids is 2. The van der Waals surface area contributed by atoms with Gasteiger partial charge < -0.3 is 30.1 Å². The highest BCUT2D eigenvalue weighted by Gasteiger charge is 2.25. The van der Waals surface area contributed by atoms with Crippen molar-refractivity contribution in [1.29, 1.82) is 0 Å². The van der Waals surface area contributed by atoms with Gasteiger partial charge in [-0.15, -0.1) is 0 Å². The first kappa shape index (κ1) is 31.5. The minimum atomic E-state index is -0.294. The standard InChI is InChI=1S/C33H42FN5O5/c1-38-21-26(20-36-38)25-17-23(18-27(34)19-25)10-15-43-16-11-31(42)39(28-5-3-2-4-6-28)14-13-35-12-9-24-7-8-29(40)32-33(24)44-22-30(41)37-32/h7-8,17-21,28,35,40H,2-6,9-16,22H2,1H3,(H,37,41). The molecule has 2 amide bonds. The SMILES string of the molecule is Cn1cc(-c2cc(F)cc(CCOCCC(=O)N(CCNCCc3ccc(O)c4c3OCC(=O)N4)C3CCCCC3)c2)cn1. The summed E-state index contributed by atoms with van der Waals surface area (Å²) in [5.41, 5.74) is 3.70. The number of phenols is 1. The van der Waals surface area contributed by atoms with E-state index in [-0.39, 0.29) is 36.0 Å². The van der Waals surface area contributed by atoms with Gasteiger partial charge >= 0.3 is 0 Å². The van der Waals surface area contributed by atoms with Crippen LogP contribution in [0.25, 0.3) is 11.1 Å². The van der Waals surface area contributed by atoms with E-state index in [1.165, 1.54) is 18.6 Å². The molecule has 10 nitrogen and oxygen atoms in total. The number of nitrogens with zero attached hydrogens (tertiary/aromatic N) is 3. The number of hydrogen-bond acceptors (Lipinski definition) is 7. The Labute approximate surface area is 257 Å². The molecule has 3 aromatic rings. The first-order valence-electron chi connectivity index (χ1n) is 15.5. The molecule has 236 valence electrons. The summed E-state index contributed by atoms with van der Waals surface area (Å²) in [7, 11) is 1.83. The maximum Gasteiger partial charge on any atom is 0.262 e. The molecule has 1 saturated carbocycles. The lowest BCUT2D eigenvalue weighted by molar-refractivity contribution is -0.135. The molecule has 3 N–H and O–H groups in total. The number of fused-ring (bicyclic) bond motifs is 1. The Balaban J connectivity index is 1.07. The van der Waals surface area contributed by atoms with Gasteiger partial charge in [-0.2, -0.15) is 5.10 Å². The van der Waals surface area contributed by atoms with Crippen LogP contribution in [0.5, 0.6) is 11.5 Å². The molecule has 1 aliphatic carbocycles. The molecule has 2 aliphatic rings. The smallest absolute Gasteiger partial charge is 0.262 e. The minimum absolute atomic E-state index is 0.0145. The Morgan fingerprint density at radius 1 is 1.16 bits per heavy atom. The summed E-state index contributed by atoms with van der Waals surface area (Å²) in [6, 6.07) is 8.59. The molecule has 0 radical (unpaired) electrons. The number of aromatic nitrogens is 2. The van der Waals surface area contributed by atoms with E-state index in [0.717, 1.165) is 47.9 Å². The molecule has 0 atom stereocenters. The number of amides is 2. The second kappa shape index (κ2) is 15.2. The van der Waals surface area contributed by atoms with Crippen molar-refractivity contribution in [3.05, 3.63) is 59.7 Å². The van der Waals surface area contributed by atoms with Gasteiger partial charge in [0, 0.05) is 37.9 Å². The van der Waals surface area contributed by atoms with E-state index in [2.05, 4.69) is 15.7 Å². The number of halogens is 1. The summed E-state index contributed by atoms with van der Waals surface area (Å²) < 4.78 is 27.3. The predicted octanol–water partition coefficient (Wildman–Crippen LogP) is 4.21. The number of hydrogen-bond donors (Lipinski definition) is 3. The number of anilines is 1. The normalized spacial score (nSPS) is 15.0. The molecule has 2 heterocycles. The lowest BCUT2D eigenvalue weighted by Crippen LogP contribution is -2.45. The first-order chi connectivity index (χ1) is 21.4. The molecule has 0 spiro atoms. The van der Waals surface area contributed by atoms with E-state index in [4.69, 9.17) is 9.47 Å². The van der Waals surface area contributed by atoms with Crippen LogP contribution in [-0.2, 0) is 34.2 Å². The number of ether oxygens (including phenoxy) is 2. The number of carbonyl (C=O) groups is 2. The summed E-state index contributed by atoms with van der Waals surface area (Å²) >= 11 is 0. The molecule has 0 saturated heterocycles. The van der Waals surface area contributed by atoms with Crippen molar-refractivity contribution >= 4 is 17.5 Å². The van der Waals surface area contributed by atoms with Crippen LogP contribution < -0.4 is 15.4 Å². The van der Waals surface area contributed by atoms with Gasteiger partial charge in [0.25, 0.3) is 5.91 Å². The summed E-state index contributed by atoms with van der Waals surface area (Å²) in [6.07, 6.45) is 10.6. The molecule has 5 rings (SSSR count). The van der Waals surface area contributed by atoms with E-state index >= 15 is 0 Å². The Morgan fingerprint density at radius 3 is 2.80 bits per heavy atom. The zero-order chi connectivity index (χ0) is 30.9. The topological polar surface area (TPSA) is 118 Å². The Bertz CT molecular complexity index is 1440. The summed E-state index contributed by atoms with van der Waals surface area (Å²) in [6.45, 7) is 2.58. The molecule has 1 aliphatic heterocycles. The third-order valence-corrected chi connectivity index (χ3v) is 8.26. The predicted molar refractivity (Wildman–Crippen MR) is 165 cm³/mol. The van der Waals surface area contributed by atoms with E-state index in [1.54, 1.807) is 23.0 Å². The van der Waals surface area contributed by atoms with Crippen molar-refractivity contribution < 1.29 is 28.6 Å². The monoisotopic (exact) mass is 607 g/mol. The molecule has 0 bridgehead atoms. The van der Waals surface area contributed by atoms with Crippen LogP contribution in [0.2, 0.25) is 0 Å². The first-order valence-corrected chi connectivity index (χ1v) is 15.5. The van der Waals surface area contributed by atoms with Gasteiger partial charge in [0.1, 0.15) is 17.3 Å². The molecule has 0 unspecified atom stereocenters. The van der Waals surface area contributed by atoms with Crippen LogP contribution in [0.15, 0.2) is 42.7 Å². The molecule has 2 aromatic carbocycles. The number of aromatic hydroxyl groups is 1. The lowest BCUT2D eigenvalue weighted by Gasteiger charge is -2.34. The molecular weight excluding hydrogens is 565 g/mol. The number of benzene rings is 2. The Hall–Kier alpha value is -3.96. The molecule has 44 heavy (non-hydrogen) atoms. The third kappa shape index (κ3) is 8.35. The van der Waals surface area contributed by atoms with E-state index in [9.17, 15) is 19.1 Å². The maximum absolute atomic E-state index is 14.2. The van der Waals surface area contributed by atoms with Crippen molar-refractivity contribution in [2.45, 2.75) is 57.4 Å². The second-order valence-electron chi connectivity index (χ2n) is 11.5. The average Bonchev–Trinajstić information content (AvgIpc) is 3.46. The van der Waals surface area contributed by atoms with Crippen LogP contribution in [-0.4, -0.2) is 77.1 Å². The minimum Gasteiger partial charge on any atom is -0.506 e. The van der Waals surface area contributed by atoms with Crippen molar-refractivity contribution in [3.63, 3.8) is 0 Å². The number of aryl methyl sites for hydroxylation is 1. The average molecular weight is 608 g/mol. The Morgan fingerprint density at radius 2 is 2.00 bits per heavy atom. The van der Waals surface area contributed by atoms with E-state index < -0.39 is 0 Å². The number of phenolic OH excluding ortho intramolecular Hbond substituents is 1. The van der Waals surface area contributed by atoms with E-state index in [0.29, 0.717) is 63.5 Å². The van der Waals surface area contributed by atoms with Crippen LogP contribution in [0, 0.1) is 5.82 Å². The highest BCUT2D eigenvalue weighted by atomic mass is 19.1. The van der Waals surface area contributed by atoms with Crippen LogP contribution in [0.4, 0.5) is 10.1 Å². The molecule has 11 heteroatoms. The summed E-state index contributed by atoms with van der Waals surface area (Å²) in [4.78, 5) is 27.0. The highest BCUT2D eigenvalue weighted by Crippen LogP contribution is 2.39. The van der Waals surface area contributed by atoms with Crippen molar-refractivity contribution in [2.24, 2.45) is 7.05 Å². The largest absolute Gasteiger partial charge is 0.506 e. The quantitative estimate of drug-likeness (QED) is 0.186. The van der Waals surface area contributed by atoms with Crippen molar-refractivity contribution in [1.82, 2.24) is 20.0 Å². The van der Waals surface area contributed by atoms with Gasteiger partial charge in [0.2, 0.25) is 5.91 Å². The van der Waals surface area contributed by atoms with Gasteiger partial charge in [0.15, 0.2) is 12.4 Å². The fourth-order valence-electron chi connectivity index (χ4n) is 5.99. The zero-order valence-electron chi connectivity index (χ0n) is 25.3. The van der Waals surface area contributed by atoms with Crippen molar-refractivity contribution in [2.75, 3.05) is 44.8 Å². The number of nitrogens with one attached hydrogen (secondary N) is 2. The molecule has 1 aromatic heterocycles. The van der Waals surface area contributed by atoms with Gasteiger partial charge in [-0.25, -0.2) is 4.39 Å². The van der Waals surface area contributed by atoms with Gasteiger partial charge in [-0.1, -0.05) is 31.4 Å². The summed E-state index contributed by atoms with van der Waals surface area (Å²) in [5, 5.41) is 20.4. The zero-order valence-corrected chi connectivity index (χ0v) is 25.3. The lowest BCUT2D eigenvalue weighted by atomic mass is 9.94. The molecular formula is C33H42FN5O5. The van der Waals surface area contributed by atoms with Gasteiger partial charge in [-0.3, -0.25) is 14.3 Å². The van der Waals surface area contributed by atoms with Gasteiger partial charge in [0.05, 0.1) is 25.8 Å². The van der Waals surface area contributed by atoms with E-state index in [1.807, 2.05) is 24.2 Å². The summed E-state index contributed by atoms with van der Waals surface area (Å²) in [5.74, 6) is 0.0107. The molecule has 1 fully saturated rings. The number of rotatable bonds is 14. The second-order valence-corrected chi connectivity index (χ2v) is 11.5. The van der Waals surface area contributed by atoms with Crippen LogP contribution in [0.3, 0.4) is 0 Å². The highest BCUT2D eigenvalue weighted by molar-refractivity contribution is 5.97. The third-order valence-electron chi connectivity index (χ3n) is 8.26.